The Morgan fingerprint density at radius 3 is 3.13 bits per heavy atom. The Kier molecular flexibility index (Phi) is 1.87. The van der Waals surface area contributed by atoms with Crippen LogP contribution < -0.4 is 0 Å². The van der Waals surface area contributed by atoms with Gasteiger partial charge in [-0.3, -0.25) is 9.20 Å². The van der Waals surface area contributed by atoms with E-state index in [9.17, 15) is 4.79 Å². The summed E-state index contributed by atoms with van der Waals surface area (Å²) in [6, 6.07) is 5.78. The van der Waals surface area contributed by atoms with Crippen molar-refractivity contribution in [2.75, 3.05) is 0 Å². The van der Waals surface area contributed by atoms with Crippen LogP contribution in [0, 0.1) is 0 Å². The highest BCUT2D eigenvalue weighted by Crippen LogP contribution is 2.35. The summed E-state index contributed by atoms with van der Waals surface area (Å²) in [5, 5.41) is 0.538. The lowest BCUT2D eigenvalue weighted by molar-refractivity contribution is -0.107. The van der Waals surface area contributed by atoms with E-state index in [4.69, 9.17) is 11.6 Å². The number of nitrogens with zero attached hydrogens (tertiary/aromatic N) is 2. The zero-order chi connectivity index (χ0) is 10.4. The van der Waals surface area contributed by atoms with Gasteiger partial charge in [-0.25, -0.2) is 4.98 Å². The van der Waals surface area contributed by atoms with Gasteiger partial charge in [-0.1, -0.05) is 17.8 Å². The van der Waals surface area contributed by atoms with Gasteiger partial charge in [-0.15, -0.1) is 0 Å². The van der Waals surface area contributed by atoms with Gasteiger partial charge < -0.3 is 0 Å². The van der Waals surface area contributed by atoms with Crippen molar-refractivity contribution in [3.63, 3.8) is 0 Å². The van der Waals surface area contributed by atoms with Gasteiger partial charge in [0.1, 0.15) is 5.65 Å². The predicted octanol–water partition coefficient (Wildman–Crippen LogP) is 2.55. The first-order valence-electron chi connectivity index (χ1n) is 4.31. The molecule has 0 amide bonds. The Morgan fingerprint density at radius 2 is 2.33 bits per heavy atom. The van der Waals surface area contributed by atoms with Gasteiger partial charge >= 0.3 is 0 Å². The minimum absolute atomic E-state index is 0.426. The van der Waals surface area contributed by atoms with Crippen molar-refractivity contribution < 1.29 is 4.79 Å². The fourth-order valence-corrected chi connectivity index (χ4v) is 2.68. The number of rotatable bonds is 1. The lowest BCUT2D eigenvalue weighted by atomic mass is 10.4. The van der Waals surface area contributed by atoms with E-state index in [1.165, 1.54) is 11.8 Å². The van der Waals surface area contributed by atoms with Gasteiger partial charge in [-0.05, 0) is 29.8 Å². The average Bonchev–Trinajstić information content (AvgIpc) is 2.64. The molecule has 0 aromatic carbocycles. The van der Waals surface area contributed by atoms with Crippen molar-refractivity contribution in [2.24, 2.45) is 0 Å². The van der Waals surface area contributed by atoms with Crippen LogP contribution in [0.5, 0.6) is 0 Å². The third kappa shape index (κ3) is 1.29. The molecule has 0 saturated heterocycles. The van der Waals surface area contributed by atoms with Gasteiger partial charge in [0, 0.05) is 0 Å². The number of imidazole rings is 1. The number of allylic oxidation sites excluding steroid dienone is 1. The first-order chi connectivity index (χ1) is 7.25. The third-order valence-electron chi connectivity index (χ3n) is 2.21. The number of carbonyl (C=O) groups is 1. The first kappa shape index (κ1) is 9.00. The molecule has 1 aliphatic rings. The maximum absolute atomic E-state index is 11.1. The van der Waals surface area contributed by atoms with Crippen molar-refractivity contribution >= 4 is 40.3 Å². The van der Waals surface area contributed by atoms with Crippen LogP contribution in [-0.2, 0) is 4.79 Å². The van der Waals surface area contributed by atoms with Crippen molar-refractivity contribution in [2.45, 2.75) is 5.03 Å². The first-order valence-corrected chi connectivity index (χ1v) is 5.51. The van der Waals surface area contributed by atoms with Gasteiger partial charge in [0.25, 0.3) is 5.24 Å². The highest BCUT2D eigenvalue weighted by atomic mass is 35.5. The van der Waals surface area contributed by atoms with Crippen LogP contribution in [-0.4, -0.2) is 14.6 Å². The Balaban J connectivity index is 2.33. The number of carbonyl (C=O) groups excluding carboxylic acids is 1. The summed E-state index contributed by atoms with van der Waals surface area (Å²) in [5.74, 6) is 0. The van der Waals surface area contributed by atoms with E-state index < -0.39 is 5.24 Å². The largest absolute Gasteiger partial charge is 0.287 e. The zero-order valence-corrected chi connectivity index (χ0v) is 9.05. The minimum atomic E-state index is -0.426. The van der Waals surface area contributed by atoms with E-state index >= 15 is 0 Å². The molecular formula is C10H5ClN2OS. The number of hydrogen-bond acceptors (Lipinski definition) is 3. The fourth-order valence-electron chi connectivity index (χ4n) is 1.58. The lowest BCUT2D eigenvalue weighted by Gasteiger charge is -2.12. The summed E-state index contributed by atoms with van der Waals surface area (Å²) >= 11 is 6.83. The minimum Gasteiger partial charge on any atom is -0.287 e. The Labute approximate surface area is 94.8 Å². The Morgan fingerprint density at radius 1 is 1.47 bits per heavy atom. The molecule has 3 rings (SSSR count). The highest BCUT2D eigenvalue weighted by Gasteiger charge is 2.18. The van der Waals surface area contributed by atoms with Crippen LogP contribution >= 0.6 is 23.4 Å². The SMILES string of the molecule is O=C(Cl)C1=Cc2cnc3cccc(n23)S1. The molecule has 0 atom stereocenters. The molecule has 0 saturated carbocycles. The van der Waals surface area contributed by atoms with Gasteiger partial charge in [0.15, 0.2) is 0 Å². The summed E-state index contributed by atoms with van der Waals surface area (Å²) in [6.45, 7) is 0. The molecule has 0 unspecified atom stereocenters. The summed E-state index contributed by atoms with van der Waals surface area (Å²) in [4.78, 5) is 15.9. The third-order valence-corrected chi connectivity index (χ3v) is 3.57. The molecule has 0 radical (unpaired) electrons. The van der Waals surface area contributed by atoms with Crippen molar-refractivity contribution in [1.82, 2.24) is 9.38 Å². The maximum Gasteiger partial charge on any atom is 0.259 e. The van der Waals surface area contributed by atoms with E-state index in [1.807, 2.05) is 22.6 Å². The average molecular weight is 237 g/mol. The summed E-state index contributed by atoms with van der Waals surface area (Å²) in [6.07, 6.45) is 3.49. The molecule has 2 aromatic rings. The number of aromatic nitrogens is 2. The highest BCUT2D eigenvalue weighted by molar-refractivity contribution is 8.04. The topological polar surface area (TPSA) is 34.4 Å². The zero-order valence-electron chi connectivity index (χ0n) is 7.48. The molecular weight excluding hydrogens is 232 g/mol. The molecule has 0 N–H and O–H groups in total. The second-order valence-corrected chi connectivity index (χ2v) is 4.53. The molecule has 3 nitrogen and oxygen atoms in total. The monoisotopic (exact) mass is 236 g/mol. The number of halogens is 1. The molecule has 0 fully saturated rings. The molecule has 3 heterocycles. The van der Waals surface area contributed by atoms with Crippen LogP contribution in [0.25, 0.3) is 11.7 Å². The van der Waals surface area contributed by atoms with Crippen molar-refractivity contribution in [3.05, 3.63) is 35.0 Å². The Hall–Kier alpha value is -1.26. The summed E-state index contributed by atoms with van der Waals surface area (Å²) in [5.41, 5.74) is 1.77. The molecule has 74 valence electrons. The molecule has 2 aromatic heterocycles. The fraction of sp³-hybridized carbons (Fsp3) is 0. The lowest BCUT2D eigenvalue weighted by Crippen LogP contribution is -2.00. The second kappa shape index (κ2) is 3.12. The molecule has 1 aliphatic heterocycles. The van der Waals surface area contributed by atoms with Gasteiger partial charge in [-0.2, -0.15) is 0 Å². The second-order valence-electron chi connectivity index (χ2n) is 3.13. The van der Waals surface area contributed by atoms with Crippen LogP contribution in [0.3, 0.4) is 0 Å². The normalized spacial score (nSPS) is 14.1. The van der Waals surface area contributed by atoms with Crippen LogP contribution in [0.15, 0.2) is 34.3 Å². The van der Waals surface area contributed by atoms with Gasteiger partial charge in [0.05, 0.1) is 21.8 Å². The smallest absolute Gasteiger partial charge is 0.259 e. The van der Waals surface area contributed by atoms with Crippen molar-refractivity contribution in [3.8, 4) is 0 Å². The summed E-state index contributed by atoms with van der Waals surface area (Å²) < 4.78 is 1.99. The quantitative estimate of drug-likeness (QED) is 0.714. The van der Waals surface area contributed by atoms with Crippen LogP contribution in [0.4, 0.5) is 0 Å². The molecule has 0 bridgehead atoms. The van der Waals surface area contributed by atoms with Gasteiger partial charge in [0.2, 0.25) is 0 Å². The van der Waals surface area contributed by atoms with E-state index in [2.05, 4.69) is 4.98 Å². The summed E-state index contributed by atoms with van der Waals surface area (Å²) in [7, 11) is 0. The molecule has 15 heavy (non-hydrogen) atoms. The Bertz CT molecular complexity index is 602. The standard InChI is InChI=1S/C10H5ClN2OS/c11-10(14)7-4-6-5-12-8-2-1-3-9(15-7)13(6)8/h1-5H. The number of pyridine rings is 1. The number of hydrogen-bond donors (Lipinski definition) is 0. The molecule has 0 aliphatic carbocycles. The number of thioether (sulfide) groups is 1. The maximum atomic E-state index is 11.1. The van der Waals surface area contributed by atoms with E-state index in [0.717, 1.165) is 16.4 Å². The van der Waals surface area contributed by atoms with Crippen LogP contribution in [0.2, 0.25) is 0 Å². The van der Waals surface area contributed by atoms with Crippen LogP contribution in [0.1, 0.15) is 5.69 Å². The molecule has 5 heteroatoms. The van der Waals surface area contributed by atoms with E-state index in [-0.39, 0.29) is 0 Å². The van der Waals surface area contributed by atoms with E-state index in [0.29, 0.717) is 4.91 Å². The van der Waals surface area contributed by atoms with Crippen molar-refractivity contribution in [1.29, 1.82) is 0 Å². The van der Waals surface area contributed by atoms with E-state index in [1.54, 1.807) is 12.3 Å². The molecule has 0 spiro atoms. The predicted molar refractivity (Wildman–Crippen MR) is 59.9 cm³/mol.